The lowest BCUT2D eigenvalue weighted by atomic mass is 10.0. The second-order valence-corrected chi connectivity index (χ2v) is 9.74. The maximum atomic E-state index is 13.3. The fourth-order valence-corrected chi connectivity index (χ4v) is 4.10. The Balaban J connectivity index is 2.14. The van der Waals surface area contributed by atoms with Crippen LogP contribution < -0.4 is 27.4 Å². The van der Waals surface area contributed by atoms with E-state index in [9.17, 15) is 24.3 Å². The lowest BCUT2D eigenvalue weighted by molar-refractivity contribution is -0.142. The first kappa shape index (κ1) is 30.8. The van der Waals surface area contributed by atoms with Crippen LogP contribution >= 0.6 is 11.8 Å². The number of carboxylic acids is 1. The number of aromatic nitrogens is 4. The van der Waals surface area contributed by atoms with E-state index in [0.717, 1.165) is 0 Å². The first-order valence-corrected chi connectivity index (χ1v) is 13.7. The number of aromatic amines is 2. The van der Waals surface area contributed by atoms with Crippen molar-refractivity contribution >= 4 is 35.5 Å². The largest absolute Gasteiger partial charge is 0.480 e. The molecule has 0 spiro atoms. The summed E-state index contributed by atoms with van der Waals surface area (Å²) >= 11 is 1.46. The molecule has 210 valence electrons. The van der Waals surface area contributed by atoms with Gasteiger partial charge < -0.3 is 42.5 Å². The van der Waals surface area contributed by atoms with E-state index >= 15 is 0 Å². The van der Waals surface area contributed by atoms with Crippen LogP contribution in [0.5, 0.6) is 0 Å². The monoisotopic (exact) mass is 551 g/mol. The zero-order chi connectivity index (χ0) is 27.9. The molecule has 4 unspecified atom stereocenters. The number of hydrogen-bond acceptors (Lipinski definition) is 9. The molecule has 38 heavy (non-hydrogen) atoms. The highest BCUT2D eigenvalue weighted by molar-refractivity contribution is 7.98. The maximum absolute atomic E-state index is 13.3. The summed E-state index contributed by atoms with van der Waals surface area (Å²) in [5, 5.41) is 17.4. The van der Waals surface area contributed by atoms with Gasteiger partial charge >= 0.3 is 5.97 Å². The van der Waals surface area contributed by atoms with E-state index in [1.165, 1.54) is 30.6 Å². The van der Waals surface area contributed by atoms with E-state index < -0.39 is 47.9 Å². The predicted molar refractivity (Wildman–Crippen MR) is 142 cm³/mol. The van der Waals surface area contributed by atoms with Gasteiger partial charge in [-0.3, -0.25) is 14.4 Å². The van der Waals surface area contributed by atoms with E-state index in [1.807, 2.05) is 6.26 Å². The number of carbonyl (C=O) groups is 4. The van der Waals surface area contributed by atoms with Crippen LogP contribution in [-0.2, 0) is 32.0 Å². The first-order valence-electron chi connectivity index (χ1n) is 12.3. The second kappa shape index (κ2) is 16.4. The van der Waals surface area contributed by atoms with Crippen molar-refractivity contribution in [2.75, 3.05) is 18.6 Å². The number of imidazole rings is 2. The van der Waals surface area contributed by atoms with Crippen molar-refractivity contribution in [1.82, 2.24) is 35.9 Å². The van der Waals surface area contributed by atoms with Gasteiger partial charge in [-0.2, -0.15) is 11.8 Å². The Morgan fingerprint density at radius 1 is 0.895 bits per heavy atom. The van der Waals surface area contributed by atoms with Gasteiger partial charge in [-0.1, -0.05) is 0 Å². The quantitative estimate of drug-likeness (QED) is 0.102. The Kier molecular flexibility index (Phi) is 13.3. The van der Waals surface area contributed by atoms with Gasteiger partial charge in [-0.15, -0.1) is 0 Å². The predicted octanol–water partition coefficient (Wildman–Crippen LogP) is -1.33. The fraction of sp³-hybridized carbons (Fsp3) is 0.565. The minimum absolute atomic E-state index is 0.0369. The number of amides is 3. The van der Waals surface area contributed by atoms with Crippen molar-refractivity contribution in [3.05, 3.63) is 36.4 Å². The van der Waals surface area contributed by atoms with Crippen LogP contribution in [0.3, 0.4) is 0 Å². The summed E-state index contributed by atoms with van der Waals surface area (Å²) in [5.74, 6) is -2.44. The van der Waals surface area contributed by atoms with E-state index in [1.54, 1.807) is 6.20 Å². The van der Waals surface area contributed by atoms with Crippen molar-refractivity contribution in [2.45, 2.75) is 62.7 Å². The van der Waals surface area contributed by atoms with Gasteiger partial charge in [0.1, 0.15) is 18.1 Å². The average molecular weight is 552 g/mol. The summed E-state index contributed by atoms with van der Waals surface area (Å²) in [5.41, 5.74) is 12.8. The molecule has 0 aromatic carbocycles. The molecule has 0 saturated heterocycles. The molecule has 0 aliphatic heterocycles. The molecule has 0 fully saturated rings. The van der Waals surface area contributed by atoms with Crippen LogP contribution in [-0.4, -0.2) is 91.5 Å². The average Bonchev–Trinajstić information content (AvgIpc) is 3.59. The molecule has 2 aromatic rings. The third-order valence-electron chi connectivity index (χ3n) is 5.75. The van der Waals surface area contributed by atoms with Gasteiger partial charge in [0.15, 0.2) is 0 Å². The molecular formula is C23H37N9O5S. The topological polar surface area (TPSA) is 234 Å². The molecule has 14 nitrogen and oxygen atoms in total. The van der Waals surface area contributed by atoms with Gasteiger partial charge in [0.05, 0.1) is 18.7 Å². The highest BCUT2D eigenvalue weighted by Crippen LogP contribution is 2.07. The minimum Gasteiger partial charge on any atom is -0.480 e. The number of nitrogens with two attached hydrogens (primary N) is 2. The first-order chi connectivity index (χ1) is 18.2. The molecule has 0 radical (unpaired) electrons. The lowest BCUT2D eigenvalue weighted by Crippen LogP contribution is -2.57. The van der Waals surface area contributed by atoms with Crippen molar-refractivity contribution < 1.29 is 24.3 Å². The van der Waals surface area contributed by atoms with Crippen LogP contribution in [0, 0.1) is 0 Å². The summed E-state index contributed by atoms with van der Waals surface area (Å²) in [6, 6.07) is -4.15. The van der Waals surface area contributed by atoms with Crippen LogP contribution in [0.15, 0.2) is 25.0 Å². The molecule has 0 saturated carbocycles. The third-order valence-corrected chi connectivity index (χ3v) is 6.39. The standard InChI is InChI=1S/C23H37N9O5S/c1-38-7-5-18(23(36)37)31-22(35)19(9-15-11-27-13-29-15)32-21(34)17(4-2-3-6-24)30-20(33)16(25)8-14-10-26-12-28-14/h10-13,16-19H,2-9,24-25H2,1H3,(H,26,28)(H,27,29)(H,30,33)(H,31,35)(H,32,34)(H,36,37). The second-order valence-electron chi connectivity index (χ2n) is 8.76. The number of rotatable bonds is 18. The summed E-state index contributed by atoms with van der Waals surface area (Å²) in [6.07, 6.45) is 9.72. The number of unbranched alkanes of at least 4 members (excludes halogenated alkanes) is 1. The van der Waals surface area contributed by atoms with Crippen LogP contribution in [0.2, 0.25) is 0 Å². The van der Waals surface area contributed by atoms with Gasteiger partial charge in [-0.05, 0) is 44.2 Å². The summed E-state index contributed by atoms with van der Waals surface area (Å²) < 4.78 is 0. The van der Waals surface area contributed by atoms with Gasteiger partial charge in [0, 0.05) is 36.6 Å². The lowest BCUT2D eigenvalue weighted by Gasteiger charge is -2.25. The zero-order valence-electron chi connectivity index (χ0n) is 21.3. The van der Waals surface area contributed by atoms with Crippen molar-refractivity contribution in [3.8, 4) is 0 Å². The summed E-state index contributed by atoms with van der Waals surface area (Å²) in [7, 11) is 0. The Bertz CT molecular complexity index is 1000. The number of nitrogens with zero attached hydrogens (tertiary/aromatic N) is 2. The smallest absolute Gasteiger partial charge is 0.326 e. The molecule has 2 aromatic heterocycles. The number of carbonyl (C=O) groups excluding carboxylic acids is 3. The number of carboxylic acid groups (broad SMARTS) is 1. The van der Waals surface area contributed by atoms with E-state index in [2.05, 4.69) is 35.9 Å². The SMILES string of the molecule is CSCCC(NC(=O)C(Cc1cnc[nH]1)NC(=O)C(CCCCN)NC(=O)C(N)Cc1cnc[nH]1)C(=O)O. The molecule has 3 amide bonds. The van der Waals surface area contributed by atoms with Crippen molar-refractivity contribution in [1.29, 1.82) is 0 Å². The van der Waals surface area contributed by atoms with E-state index in [4.69, 9.17) is 11.5 Å². The van der Waals surface area contributed by atoms with Gasteiger partial charge in [0.25, 0.3) is 0 Å². The Morgan fingerprint density at radius 2 is 1.47 bits per heavy atom. The molecule has 2 heterocycles. The Morgan fingerprint density at radius 3 is 2.03 bits per heavy atom. The number of thioether (sulfide) groups is 1. The number of nitrogens with one attached hydrogen (secondary N) is 5. The molecule has 0 aliphatic carbocycles. The maximum Gasteiger partial charge on any atom is 0.326 e. The summed E-state index contributed by atoms with van der Waals surface area (Å²) in [6.45, 7) is 0.416. The number of hydrogen-bond donors (Lipinski definition) is 8. The molecule has 0 aliphatic rings. The molecular weight excluding hydrogens is 514 g/mol. The third kappa shape index (κ3) is 10.5. The highest BCUT2D eigenvalue weighted by Gasteiger charge is 2.30. The van der Waals surface area contributed by atoms with Crippen LogP contribution in [0.25, 0.3) is 0 Å². The fourth-order valence-electron chi connectivity index (χ4n) is 3.63. The highest BCUT2D eigenvalue weighted by atomic mass is 32.2. The van der Waals surface area contributed by atoms with Crippen LogP contribution in [0.4, 0.5) is 0 Å². The Labute approximate surface area is 224 Å². The number of H-pyrrole nitrogens is 2. The van der Waals surface area contributed by atoms with Gasteiger partial charge in [0.2, 0.25) is 17.7 Å². The normalized spacial score (nSPS) is 14.2. The van der Waals surface area contributed by atoms with Crippen LogP contribution in [0.1, 0.15) is 37.1 Å². The zero-order valence-corrected chi connectivity index (χ0v) is 22.1. The minimum atomic E-state index is -1.17. The summed E-state index contributed by atoms with van der Waals surface area (Å²) in [4.78, 5) is 64.4. The molecule has 10 N–H and O–H groups in total. The van der Waals surface area contributed by atoms with E-state index in [0.29, 0.717) is 36.5 Å². The van der Waals surface area contributed by atoms with Crippen molar-refractivity contribution in [2.24, 2.45) is 11.5 Å². The molecule has 2 rings (SSSR count). The molecule has 0 bridgehead atoms. The number of aliphatic carboxylic acids is 1. The van der Waals surface area contributed by atoms with E-state index in [-0.39, 0.29) is 25.7 Å². The Hall–Kier alpha value is -3.43. The molecule has 4 atom stereocenters. The molecule has 15 heteroatoms. The van der Waals surface area contributed by atoms with Gasteiger partial charge in [-0.25, -0.2) is 14.8 Å². The van der Waals surface area contributed by atoms with Crippen molar-refractivity contribution in [3.63, 3.8) is 0 Å².